The van der Waals surface area contributed by atoms with Crippen molar-refractivity contribution in [2.24, 2.45) is 10.9 Å². The summed E-state index contributed by atoms with van der Waals surface area (Å²) in [5.41, 5.74) is 0.752. The first-order valence-electron chi connectivity index (χ1n) is 10.5. The number of piperidine rings is 1. The van der Waals surface area contributed by atoms with Gasteiger partial charge in [0.2, 0.25) is 5.91 Å². The molecular formula is C22H33FIN5O. The van der Waals surface area contributed by atoms with E-state index in [4.69, 9.17) is 5.26 Å². The van der Waals surface area contributed by atoms with E-state index in [2.05, 4.69) is 29.5 Å². The van der Waals surface area contributed by atoms with Crippen LogP contribution in [0.1, 0.15) is 57.6 Å². The first-order chi connectivity index (χ1) is 14.0. The van der Waals surface area contributed by atoms with Crippen molar-refractivity contribution in [3.63, 3.8) is 0 Å². The number of benzene rings is 1. The van der Waals surface area contributed by atoms with E-state index in [1.165, 1.54) is 6.07 Å². The highest BCUT2D eigenvalue weighted by Gasteiger charge is 2.26. The first-order valence-corrected chi connectivity index (χ1v) is 10.5. The number of likely N-dealkylation sites (tertiary alicyclic amines) is 1. The maximum absolute atomic E-state index is 14.1. The normalized spacial score (nSPS) is 14.8. The molecule has 1 aliphatic rings. The second kappa shape index (κ2) is 13.4. The van der Waals surface area contributed by atoms with Crippen molar-refractivity contribution in [3.05, 3.63) is 35.1 Å². The molecule has 0 saturated carbocycles. The third-order valence-corrected chi connectivity index (χ3v) is 5.42. The average molecular weight is 529 g/mol. The van der Waals surface area contributed by atoms with E-state index < -0.39 is 5.82 Å². The minimum absolute atomic E-state index is 0. The molecule has 1 saturated heterocycles. The van der Waals surface area contributed by atoms with Crippen molar-refractivity contribution in [2.45, 2.75) is 59.0 Å². The molecule has 6 nitrogen and oxygen atoms in total. The smallest absolute Gasteiger partial charge is 0.225 e. The number of guanidine groups is 1. The van der Waals surface area contributed by atoms with E-state index >= 15 is 0 Å². The van der Waals surface area contributed by atoms with E-state index in [1.54, 1.807) is 12.1 Å². The Balaban J connectivity index is 0.00000450. The molecule has 1 heterocycles. The SMILES string of the molecule is CCNC(=NCc1ccc(C#N)cc1F)NC1CCN(C(=O)C(CC)CC)CC1.I. The van der Waals surface area contributed by atoms with Crippen molar-refractivity contribution in [2.75, 3.05) is 19.6 Å². The lowest BCUT2D eigenvalue weighted by atomic mass is 9.98. The Kier molecular flexibility index (Phi) is 11.7. The highest BCUT2D eigenvalue weighted by atomic mass is 127. The Labute approximate surface area is 196 Å². The predicted molar refractivity (Wildman–Crippen MR) is 128 cm³/mol. The molecule has 166 valence electrons. The molecule has 8 heteroatoms. The monoisotopic (exact) mass is 529 g/mol. The number of hydrogen-bond acceptors (Lipinski definition) is 3. The number of carbonyl (C=O) groups is 1. The third kappa shape index (κ3) is 7.42. The second-order valence-corrected chi connectivity index (χ2v) is 7.37. The summed E-state index contributed by atoms with van der Waals surface area (Å²) in [5, 5.41) is 15.5. The first kappa shape index (κ1) is 26.1. The number of amides is 1. The quantitative estimate of drug-likeness (QED) is 0.320. The molecule has 0 aliphatic carbocycles. The van der Waals surface area contributed by atoms with E-state index in [-0.39, 0.29) is 48.4 Å². The third-order valence-electron chi connectivity index (χ3n) is 5.42. The van der Waals surface area contributed by atoms with Crippen LogP contribution in [0.5, 0.6) is 0 Å². The van der Waals surface area contributed by atoms with E-state index in [0.29, 0.717) is 23.6 Å². The van der Waals surface area contributed by atoms with Gasteiger partial charge >= 0.3 is 0 Å². The summed E-state index contributed by atoms with van der Waals surface area (Å²) in [6.45, 7) is 8.50. The summed E-state index contributed by atoms with van der Waals surface area (Å²) >= 11 is 0. The summed E-state index contributed by atoms with van der Waals surface area (Å²) in [4.78, 5) is 19.0. The lowest BCUT2D eigenvalue weighted by Crippen LogP contribution is -2.50. The number of nitrogens with zero attached hydrogens (tertiary/aromatic N) is 3. The standard InChI is InChI=1S/C22H32FN5O.HI/c1-4-17(5-2)21(29)28-11-9-19(10-12-28)27-22(25-6-3)26-15-18-8-7-16(14-24)13-20(18)23;/h7-8,13,17,19H,4-6,9-12,15H2,1-3H3,(H2,25,26,27);1H. The lowest BCUT2D eigenvalue weighted by molar-refractivity contribution is -0.136. The summed E-state index contributed by atoms with van der Waals surface area (Å²) in [5.74, 6) is 0.615. The van der Waals surface area contributed by atoms with Crippen LogP contribution in [0.3, 0.4) is 0 Å². The zero-order chi connectivity index (χ0) is 21.2. The van der Waals surface area contributed by atoms with Crippen LogP contribution in [0.2, 0.25) is 0 Å². The maximum Gasteiger partial charge on any atom is 0.225 e. The topological polar surface area (TPSA) is 80.5 Å². The van der Waals surface area contributed by atoms with Crippen LogP contribution in [-0.4, -0.2) is 42.4 Å². The molecule has 1 aromatic carbocycles. The van der Waals surface area contributed by atoms with Gasteiger partial charge in [-0.3, -0.25) is 4.79 Å². The van der Waals surface area contributed by atoms with Crippen molar-refractivity contribution in [3.8, 4) is 6.07 Å². The maximum atomic E-state index is 14.1. The number of aliphatic imine (C=N–C) groups is 1. The Morgan fingerprint density at radius 2 is 1.97 bits per heavy atom. The largest absolute Gasteiger partial charge is 0.357 e. The van der Waals surface area contributed by atoms with Crippen molar-refractivity contribution in [1.29, 1.82) is 5.26 Å². The highest BCUT2D eigenvalue weighted by molar-refractivity contribution is 14.0. The fraction of sp³-hybridized carbons (Fsp3) is 0.591. The zero-order valence-electron chi connectivity index (χ0n) is 18.1. The van der Waals surface area contributed by atoms with E-state index in [0.717, 1.165) is 38.8 Å². The summed E-state index contributed by atoms with van der Waals surface area (Å²) in [6.07, 6.45) is 3.50. The predicted octanol–water partition coefficient (Wildman–Crippen LogP) is 3.80. The van der Waals surface area contributed by atoms with Gasteiger partial charge in [-0.1, -0.05) is 19.9 Å². The fourth-order valence-corrected chi connectivity index (χ4v) is 3.56. The molecule has 2 N–H and O–H groups in total. The fourth-order valence-electron chi connectivity index (χ4n) is 3.56. The van der Waals surface area contributed by atoms with Gasteiger partial charge in [0, 0.05) is 37.2 Å². The van der Waals surface area contributed by atoms with E-state index in [9.17, 15) is 9.18 Å². The number of nitriles is 1. The number of hydrogen-bond donors (Lipinski definition) is 2. The van der Waals surface area contributed by atoms with Gasteiger partial charge < -0.3 is 15.5 Å². The number of halogens is 2. The summed E-state index contributed by atoms with van der Waals surface area (Å²) < 4.78 is 14.1. The molecular weight excluding hydrogens is 496 g/mol. The van der Waals surface area contributed by atoms with Crippen LogP contribution in [0.15, 0.2) is 23.2 Å². The molecule has 0 aromatic heterocycles. The van der Waals surface area contributed by atoms with Gasteiger partial charge in [-0.2, -0.15) is 5.26 Å². The minimum atomic E-state index is -0.420. The Hall–Kier alpha value is -1.89. The minimum Gasteiger partial charge on any atom is -0.357 e. The molecule has 0 bridgehead atoms. The molecule has 1 aromatic rings. The van der Waals surface area contributed by atoms with Gasteiger partial charge in [0.15, 0.2) is 5.96 Å². The Morgan fingerprint density at radius 3 is 2.50 bits per heavy atom. The van der Waals surface area contributed by atoms with Gasteiger partial charge in [-0.25, -0.2) is 9.38 Å². The molecule has 0 radical (unpaired) electrons. The average Bonchev–Trinajstić information content (AvgIpc) is 2.74. The molecule has 2 rings (SSSR count). The number of rotatable bonds is 7. The molecule has 30 heavy (non-hydrogen) atoms. The lowest BCUT2D eigenvalue weighted by Gasteiger charge is -2.34. The highest BCUT2D eigenvalue weighted by Crippen LogP contribution is 2.17. The Morgan fingerprint density at radius 1 is 1.30 bits per heavy atom. The Bertz CT molecular complexity index is 752. The van der Waals surface area contributed by atoms with Crippen LogP contribution in [-0.2, 0) is 11.3 Å². The molecule has 0 unspecified atom stereocenters. The van der Waals surface area contributed by atoms with E-state index in [1.807, 2.05) is 17.9 Å². The zero-order valence-corrected chi connectivity index (χ0v) is 20.4. The number of carbonyl (C=O) groups excluding carboxylic acids is 1. The summed E-state index contributed by atoms with van der Waals surface area (Å²) in [7, 11) is 0. The van der Waals surface area contributed by atoms with Crippen molar-refractivity contribution < 1.29 is 9.18 Å². The van der Waals surface area contributed by atoms with Gasteiger partial charge in [0.1, 0.15) is 5.82 Å². The van der Waals surface area contributed by atoms with Crippen LogP contribution in [0.25, 0.3) is 0 Å². The van der Waals surface area contributed by atoms with Crippen LogP contribution >= 0.6 is 24.0 Å². The molecule has 1 aliphatic heterocycles. The van der Waals surface area contributed by atoms with Gasteiger partial charge in [-0.05, 0) is 44.7 Å². The second-order valence-electron chi connectivity index (χ2n) is 7.37. The van der Waals surface area contributed by atoms with Crippen LogP contribution in [0, 0.1) is 23.1 Å². The van der Waals surface area contributed by atoms with Crippen LogP contribution in [0.4, 0.5) is 4.39 Å². The summed E-state index contributed by atoms with van der Waals surface area (Å²) in [6, 6.07) is 6.59. The molecule has 0 atom stereocenters. The molecule has 1 amide bonds. The van der Waals surface area contributed by atoms with Crippen molar-refractivity contribution in [1.82, 2.24) is 15.5 Å². The van der Waals surface area contributed by atoms with Gasteiger partial charge in [-0.15, -0.1) is 24.0 Å². The number of nitrogens with one attached hydrogen (secondary N) is 2. The molecule has 0 spiro atoms. The van der Waals surface area contributed by atoms with Crippen molar-refractivity contribution >= 4 is 35.8 Å². The van der Waals surface area contributed by atoms with Gasteiger partial charge in [0.25, 0.3) is 0 Å². The van der Waals surface area contributed by atoms with Crippen LogP contribution < -0.4 is 10.6 Å². The molecule has 1 fully saturated rings. The van der Waals surface area contributed by atoms with Gasteiger partial charge in [0.05, 0.1) is 18.2 Å².